The Morgan fingerprint density at radius 3 is 2.18 bits per heavy atom. The van der Waals surface area contributed by atoms with Gasteiger partial charge in [0.25, 0.3) is 0 Å². The van der Waals surface area contributed by atoms with Crippen molar-refractivity contribution in [1.29, 1.82) is 0 Å². The van der Waals surface area contributed by atoms with Crippen LogP contribution >= 0.6 is 0 Å². The van der Waals surface area contributed by atoms with E-state index in [9.17, 15) is 0 Å². The summed E-state index contributed by atoms with van der Waals surface area (Å²) in [5.74, 6) is 0. The van der Waals surface area contributed by atoms with Crippen molar-refractivity contribution in [1.82, 2.24) is 0 Å². The molecule has 0 amide bonds. The fourth-order valence-electron chi connectivity index (χ4n) is 4.23. The standard InChI is InChI=1S/C24H17O.2ClH.Ti/c25-15-24-18-8-3-1-6-16(18)12-13-22(24)21-11-5-10-20-19-9-4-2-7-17(19)14-23(20)21;;;/h1-13H,14-15H2;2*1H;/q-1;;;+3/p-2. The van der Waals surface area contributed by atoms with Crippen LogP contribution in [0.5, 0.6) is 0 Å². The molecule has 1 aliphatic rings. The Balaban J connectivity index is 0.00000112. The van der Waals surface area contributed by atoms with Crippen LogP contribution in [-0.4, -0.2) is 0 Å². The first-order valence-electron chi connectivity index (χ1n) is 8.86. The van der Waals surface area contributed by atoms with Crippen molar-refractivity contribution < 1.29 is 49.0 Å². The number of rotatable bonds is 3. The molecule has 0 unspecified atom stereocenters. The predicted molar refractivity (Wildman–Crippen MR) is 102 cm³/mol. The molecule has 0 N–H and O–H groups in total. The van der Waals surface area contributed by atoms with Gasteiger partial charge in [0.05, 0.1) is 0 Å². The average Bonchev–Trinajstić information content (AvgIpc) is 3.07. The van der Waals surface area contributed by atoms with E-state index < -0.39 is 0 Å². The first-order valence-corrected chi connectivity index (χ1v) is 9.50. The minimum atomic E-state index is 0. The van der Waals surface area contributed by atoms with Gasteiger partial charge >= 0.3 is 166 Å². The fraction of sp³-hybridized carbons (Fsp3) is 0.0833. The van der Waals surface area contributed by atoms with E-state index in [-0.39, 0.29) is 24.8 Å². The van der Waals surface area contributed by atoms with Crippen LogP contribution in [0.4, 0.5) is 0 Å². The van der Waals surface area contributed by atoms with E-state index in [4.69, 9.17) is 3.32 Å². The van der Waals surface area contributed by atoms with Gasteiger partial charge in [0.15, 0.2) is 0 Å². The summed E-state index contributed by atoms with van der Waals surface area (Å²) in [5.41, 5.74) is 9.49. The topological polar surface area (TPSA) is 9.23 Å². The molecular formula is C24H17Cl2OTi. The summed E-state index contributed by atoms with van der Waals surface area (Å²) in [4.78, 5) is 0. The van der Waals surface area contributed by atoms with Gasteiger partial charge in [0.1, 0.15) is 0 Å². The Labute approximate surface area is 189 Å². The van der Waals surface area contributed by atoms with Crippen molar-refractivity contribution >= 4 is 10.8 Å². The second-order valence-corrected chi connectivity index (χ2v) is 7.22. The van der Waals surface area contributed by atoms with Gasteiger partial charge in [0, 0.05) is 0 Å². The van der Waals surface area contributed by atoms with Crippen molar-refractivity contribution in [2.45, 2.75) is 13.0 Å². The molecule has 4 heteroatoms. The Kier molecular flexibility index (Phi) is 6.65. The number of hydrogen-bond donors (Lipinski definition) is 0. The van der Waals surface area contributed by atoms with Gasteiger partial charge in [-0.15, -0.1) is 0 Å². The van der Waals surface area contributed by atoms with E-state index in [1.807, 2.05) is 0 Å². The molecule has 4 aromatic rings. The molecule has 0 spiro atoms. The molecule has 0 saturated heterocycles. The molecule has 0 fully saturated rings. The number of halogens is 2. The van der Waals surface area contributed by atoms with Crippen molar-refractivity contribution in [3.05, 3.63) is 95.6 Å². The fourth-order valence-corrected chi connectivity index (χ4v) is 4.45. The summed E-state index contributed by atoms with van der Waals surface area (Å²) in [6, 6.07) is 28.5. The van der Waals surface area contributed by atoms with Gasteiger partial charge in [-0.1, -0.05) is 0 Å². The van der Waals surface area contributed by atoms with Crippen LogP contribution in [0.1, 0.15) is 16.7 Å². The number of fused-ring (bicyclic) bond motifs is 4. The summed E-state index contributed by atoms with van der Waals surface area (Å²) in [7, 11) is 0. The van der Waals surface area contributed by atoms with Crippen molar-refractivity contribution in [3.8, 4) is 22.3 Å². The van der Waals surface area contributed by atoms with Gasteiger partial charge in [-0.3, -0.25) is 0 Å². The van der Waals surface area contributed by atoms with Crippen LogP contribution in [-0.2, 0) is 37.2 Å². The SMILES string of the molecule is [Cl-].[Cl-].[Ti+2][O]Cc1c(-c2cccc3c2Cc2ccccc2-3)ccc2ccccc12. The van der Waals surface area contributed by atoms with E-state index in [1.165, 1.54) is 49.7 Å². The first kappa shape index (κ1) is 21.1. The van der Waals surface area contributed by atoms with Gasteiger partial charge in [-0.05, 0) is 0 Å². The van der Waals surface area contributed by atoms with Crippen LogP contribution in [0.3, 0.4) is 0 Å². The van der Waals surface area contributed by atoms with Crippen LogP contribution in [0.15, 0.2) is 78.9 Å². The summed E-state index contributed by atoms with van der Waals surface area (Å²) in [6.45, 7) is 0.618. The first-order chi connectivity index (χ1) is 12.9. The third-order valence-electron chi connectivity index (χ3n) is 5.40. The summed E-state index contributed by atoms with van der Waals surface area (Å²) in [5, 5.41) is 2.54. The molecule has 0 aromatic heterocycles. The molecule has 0 saturated carbocycles. The maximum absolute atomic E-state index is 5.58. The van der Waals surface area contributed by atoms with Gasteiger partial charge in [0.2, 0.25) is 0 Å². The summed E-state index contributed by atoms with van der Waals surface area (Å²) >= 11 is 1.77. The average molecular weight is 440 g/mol. The van der Waals surface area contributed by atoms with Gasteiger partial charge in [-0.25, -0.2) is 0 Å². The quantitative estimate of drug-likeness (QED) is 0.361. The Morgan fingerprint density at radius 1 is 0.679 bits per heavy atom. The number of hydrogen-bond acceptors (Lipinski definition) is 1. The zero-order valence-electron chi connectivity index (χ0n) is 15.1. The maximum atomic E-state index is 5.58. The molecule has 137 valence electrons. The molecule has 0 heterocycles. The van der Waals surface area contributed by atoms with Crippen LogP contribution in [0.25, 0.3) is 33.0 Å². The molecule has 28 heavy (non-hydrogen) atoms. The molecule has 4 aromatic carbocycles. The molecular weight excluding hydrogens is 423 g/mol. The second-order valence-electron chi connectivity index (χ2n) is 6.77. The molecule has 5 rings (SSSR count). The van der Waals surface area contributed by atoms with E-state index in [0.29, 0.717) is 6.61 Å². The Hall–Kier alpha value is -1.61. The predicted octanol–water partition coefficient (Wildman–Crippen LogP) is 0.0644. The van der Waals surface area contributed by atoms with Crippen molar-refractivity contribution in [3.63, 3.8) is 0 Å². The third-order valence-corrected chi connectivity index (χ3v) is 5.62. The molecule has 0 bridgehead atoms. The zero-order valence-corrected chi connectivity index (χ0v) is 18.2. The molecule has 0 aliphatic heterocycles. The van der Waals surface area contributed by atoms with E-state index >= 15 is 0 Å². The Bertz CT molecular complexity index is 1140. The van der Waals surface area contributed by atoms with Crippen molar-refractivity contribution in [2.75, 3.05) is 0 Å². The van der Waals surface area contributed by atoms with E-state index in [2.05, 4.69) is 78.9 Å². The Morgan fingerprint density at radius 2 is 1.36 bits per heavy atom. The van der Waals surface area contributed by atoms with E-state index in [1.54, 1.807) is 20.8 Å². The molecule has 1 aliphatic carbocycles. The summed E-state index contributed by atoms with van der Waals surface area (Å²) in [6.07, 6.45) is 1.00. The third kappa shape index (κ3) is 3.43. The van der Waals surface area contributed by atoms with Crippen LogP contribution in [0.2, 0.25) is 0 Å². The molecule has 0 radical (unpaired) electrons. The van der Waals surface area contributed by atoms with Crippen LogP contribution in [0, 0.1) is 0 Å². The zero-order chi connectivity index (χ0) is 17.5. The monoisotopic (exact) mass is 439 g/mol. The van der Waals surface area contributed by atoms with Gasteiger partial charge < -0.3 is 24.8 Å². The molecule has 0 atom stereocenters. The van der Waals surface area contributed by atoms with E-state index in [0.717, 1.165) is 6.42 Å². The van der Waals surface area contributed by atoms with Crippen molar-refractivity contribution in [2.24, 2.45) is 0 Å². The minimum absolute atomic E-state index is 0. The molecule has 1 nitrogen and oxygen atoms in total. The van der Waals surface area contributed by atoms with Crippen LogP contribution < -0.4 is 24.8 Å². The number of benzene rings is 4. The van der Waals surface area contributed by atoms with Gasteiger partial charge in [-0.2, -0.15) is 0 Å². The normalized spacial score (nSPS) is 11.4. The summed E-state index contributed by atoms with van der Waals surface area (Å²) < 4.78 is 5.58. The second kappa shape index (κ2) is 8.82.